The molecule has 0 spiro atoms. The Balaban J connectivity index is 1.83. The van der Waals surface area contributed by atoms with E-state index in [0.717, 1.165) is 22.4 Å². The molecule has 0 saturated carbocycles. The molecule has 3 nitrogen and oxygen atoms in total. The number of nitrogens with zero attached hydrogens (tertiary/aromatic N) is 3. The summed E-state index contributed by atoms with van der Waals surface area (Å²) in [5.74, 6) is 0. The van der Waals surface area contributed by atoms with Gasteiger partial charge in [0.05, 0.1) is 11.6 Å². The van der Waals surface area contributed by atoms with Gasteiger partial charge in [-0.15, -0.1) is 0 Å². The van der Waals surface area contributed by atoms with Crippen molar-refractivity contribution < 1.29 is 0 Å². The second kappa shape index (κ2) is 7.73. The SMILES string of the molecule is Clc1ccc(-c2nn(Cc3ccccc3)nc2-c2ccc(Cl)cc2Cl)cc1. The van der Waals surface area contributed by atoms with E-state index in [4.69, 9.17) is 45.0 Å². The number of rotatable bonds is 4. The van der Waals surface area contributed by atoms with Gasteiger partial charge in [-0.25, -0.2) is 0 Å². The Kier molecular flexibility index (Phi) is 5.17. The van der Waals surface area contributed by atoms with Crippen LogP contribution in [0.3, 0.4) is 0 Å². The summed E-state index contributed by atoms with van der Waals surface area (Å²) in [6.45, 7) is 0.562. The Hall–Kier alpha value is -2.33. The first kappa shape index (κ1) is 18.1. The Labute approximate surface area is 172 Å². The molecule has 0 N–H and O–H groups in total. The Morgan fingerprint density at radius 2 is 1.37 bits per heavy atom. The molecule has 1 aromatic heterocycles. The van der Waals surface area contributed by atoms with Gasteiger partial charge in [0.15, 0.2) is 0 Å². The van der Waals surface area contributed by atoms with Crippen LogP contribution in [-0.4, -0.2) is 15.0 Å². The summed E-state index contributed by atoms with van der Waals surface area (Å²) in [5.41, 5.74) is 4.26. The van der Waals surface area contributed by atoms with Gasteiger partial charge in [0.2, 0.25) is 0 Å². The summed E-state index contributed by atoms with van der Waals surface area (Å²) < 4.78 is 0. The number of hydrogen-bond acceptors (Lipinski definition) is 2. The van der Waals surface area contributed by atoms with Crippen molar-refractivity contribution >= 4 is 34.8 Å². The summed E-state index contributed by atoms with van der Waals surface area (Å²) in [6, 6.07) is 22.9. The molecule has 134 valence electrons. The van der Waals surface area contributed by atoms with Gasteiger partial charge in [-0.05, 0) is 35.9 Å². The fraction of sp³-hybridized carbons (Fsp3) is 0.0476. The second-order valence-electron chi connectivity index (χ2n) is 6.04. The zero-order valence-electron chi connectivity index (χ0n) is 14.1. The molecule has 0 aliphatic rings. The van der Waals surface area contributed by atoms with Crippen LogP contribution in [0.2, 0.25) is 15.1 Å². The first-order chi connectivity index (χ1) is 13.1. The molecular weight excluding hydrogens is 401 g/mol. The average Bonchev–Trinajstić information content (AvgIpc) is 3.06. The van der Waals surface area contributed by atoms with Crippen LogP contribution in [-0.2, 0) is 6.54 Å². The average molecular weight is 415 g/mol. The van der Waals surface area contributed by atoms with Crippen molar-refractivity contribution in [2.45, 2.75) is 6.54 Å². The van der Waals surface area contributed by atoms with Gasteiger partial charge >= 0.3 is 0 Å². The van der Waals surface area contributed by atoms with Crippen molar-refractivity contribution in [1.82, 2.24) is 15.0 Å². The molecule has 0 unspecified atom stereocenters. The van der Waals surface area contributed by atoms with Gasteiger partial charge in [0.1, 0.15) is 11.4 Å². The van der Waals surface area contributed by atoms with E-state index in [1.807, 2.05) is 60.7 Å². The first-order valence-corrected chi connectivity index (χ1v) is 9.44. The minimum atomic E-state index is 0.532. The molecular formula is C21H14Cl3N3. The lowest BCUT2D eigenvalue weighted by molar-refractivity contribution is 0.594. The van der Waals surface area contributed by atoms with E-state index in [0.29, 0.717) is 27.3 Å². The molecule has 0 fully saturated rings. The van der Waals surface area contributed by atoms with Crippen LogP contribution in [0.1, 0.15) is 5.56 Å². The van der Waals surface area contributed by atoms with Crippen molar-refractivity contribution in [2.24, 2.45) is 0 Å². The van der Waals surface area contributed by atoms with Crippen molar-refractivity contribution in [1.29, 1.82) is 0 Å². The van der Waals surface area contributed by atoms with Gasteiger partial charge in [0.25, 0.3) is 0 Å². The third-order valence-corrected chi connectivity index (χ3v) is 4.93. The summed E-state index contributed by atoms with van der Waals surface area (Å²) >= 11 is 18.5. The maximum Gasteiger partial charge on any atom is 0.122 e. The summed E-state index contributed by atoms with van der Waals surface area (Å²) in [7, 11) is 0. The second-order valence-corrected chi connectivity index (χ2v) is 7.32. The van der Waals surface area contributed by atoms with Crippen LogP contribution < -0.4 is 0 Å². The van der Waals surface area contributed by atoms with Crippen LogP contribution in [0.15, 0.2) is 72.8 Å². The Morgan fingerprint density at radius 1 is 0.704 bits per heavy atom. The van der Waals surface area contributed by atoms with Gasteiger partial charge in [-0.2, -0.15) is 15.0 Å². The molecule has 0 aliphatic heterocycles. The van der Waals surface area contributed by atoms with E-state index < -0.39 is 0 Å². The summed E-state index contributed by atoms with van der Waals surface area (Å²) in [6.07, 6.45) is 0. The monoisotopic (exact) mass is 413 g/mol. The highest BCUT2D eigenvalue weighted by atomic mass is 35.5. The van der Waals surface area contributed by atoms with E-state index in [-0.39, 0.29) is 0 Å². The largest absolute Gasteiger partial charge is 0.179 e. The van der Waals surface area contributed by atoms with Crippen LogP contribution in [0.5, 0.6) is 0 Å². The summed E-state index contributed by atoms with van der Waals surface area (Å²) in [4.78, 5) is 1.68. The van der Waals surface area contributed by atoms with E-state index in [1.165, 1.54) is 0 Å². The Morgan fingerprint density at radius 3 is 2.07 bits per heavy atom. The molecule has 0 radical (unpaired) electrons. The van der Waals surface area contributed by atoms with Crippen molar-refractivity contribution in [2.75, 3.05) is 0 Å². The van der Waals surface area contributed by atoms with Gasteiger partial charge in [-0.1, -0.05) is 77.3 Å². The number of benzene rings is 3. The highest BCUT2D eigenvalue weighted by Gasteiger charge is 2.18. The molecule has 0 aliphatic carbocycles. The van der Waals surface area contributed by atoms with Crippen molar-refractivity contribution in [3.8, 4) is 22.5 Å². The molecule has 27 heavy (non-hydrogen) atoms. The zero-order chi connectivity index (χ0) is 18.8. The minimum absolute atomic E-state index is 0.532. The number of halogens is 3. The van der Waals surface area contributed by atoms with E-state index in [9.17, 15) is 0 Å². The lowest BCUT2D eigenvalue weighted by Crippen LogP contribution is -2.03. The zero-order valence-corrected chi connectivity index (χ0v) is 16.4. The van der Waals surface area contributed by atoms with Crippen LogP contribution in [0.4, 0.5) is 0 Å². The molecule has 0 bridgehead atoms. The van der Waals surface area contributed by atoms with Gasteiger partial charge in [-0.3, -0.25) is 0 Å². The smallest absolute Gasteiger partial charge is 0.122 e. The standard InChI is InChI=1S/C21H14Cl3N3/c22-16-8-6-15(7-9-16)20-21(18-11-10-17(23)12-19(18)24)26-27(25-20)13-14-4-2-1-3-5-14/h1-12H,13H2. The quantitative estimate of drug-likeness (QED) is 0.375. The lowest BCUT2D eigenvalue weighted by atomic mass is 10.1. The van der Waals surface area contributed by atoms with E-state index >= 15 is 0 Å². The third-order valence-electron chi connectivity index (χ3n) is 4.13. The number of aromatic nitrogens is 3. The van der Waals surface area contributed by atoms with Gasteiger partial charge in [0, 0.05) is 21.2 Å². The Bertz CT molecular complexity index is 1070. The molecule has 3 aromatic carbocycles. The molecule has 4 aromatic rings. The van der Waals surface area contributed by atoms with E-state index in [2.05, 4.69) is 0 Å². The van der Waals surface area contributed by atoms with Crippen molar-refractivity contribution in [3.63, 3.8) is 0 Å². The molecule has 6 heteroatoms. The van der Waals surface area contributed by atoms with Crippen LogP contribution >= 0.6 is 34.8 Å². The van der Waals surface area contributed by atoms with Crippen molar-refractivity contribution in [3.05, 3.63) is 93.4 Å². The summed E-state index contributed by atoms with van der Waals surface area (Å²) in [5, 5.41) is 11.2. The van der Waals surface area contributed by atoms with E-state index in [1.54, 1.807) is 16.9 Å². The van der Waals surface area contributed by atoms with Crippen LogP contribution in [0.25, 0.3) is 22.5 Å². The maximum absolute atomic E-state index is 6.44. The lowest BCUT2D eigenvalue weighted by Gasteiger charge is -2.04. The maximum atomic E-state index is 6.44. The predicted molar refractivity (Wildman–Crippen MR) is 111 cm³/mol. The topological polar surface area (TPSA) is 30.7 Å². The molecule has 4 rings (SSSR count). The predicted octanol–water partition coefficient (Wildman–Crippen LogP) is 6.62. The normalized spacial score (nSPS) is 10.9. The fourth-order valence-electron chi connectivity index (χ4n) is 2.83. The molecule has 1 heterocycles. The first-order valence-electron chi connectivity index (χ1n) is 8.30. The third kappa shape index (κ3) is 4.01. The number of hydrogen-bond donors (Lipinski definition) is 0. The molecule has 0 saturated heterocycles. The minimum Gasteiger partial charge on any atom is -0.179 e. The molecule has 0 amide bonds. The van der Waals surface area contributed by atoms with Gasteiger partial charge < -0.3 is 0 Å². The fourth-order valence-corrected chi connectivity index (χ4v) is 3.45. The highest BCUT2D eigenvalue weighted by molar-refractivity contribution is 6.36. The molecule has 0 atom stereocenters. The highest BCUT2D eigenvalue weighted by Crippen LogP contribution is 2.35. The van der Waals surface area contributed by atoms with Crippen LogP contribution in [0, 0.1) is 0 Å².